The van der Waals surface area contributed by atoms with Crippen molar-refractivity contribution in [3.05, 3.63) is 34.4 Å². The van der Waals surface area contributed by atoms with E-state index in [9.17, 15) is 39.5 Å². The number of aliphatic hydroxyl groups excluding tert-OH is 1. The summed E-state index contributed by atoms with van der Waals surface area (Å²) < 4.78 is 114. The molecule has 0 aliphatic heterocycles. The molecular formula is C12H9F9O. The van der Waals surface area contributed by atoms with Crippen LogP contribution in [0, 0.1) is 0 Å². The summed E-state index contributed by atoms with van der Waals surface area (Å²) in [4.78, 5) is 0. The normalized spacial score (nSPS) is 13.5. The number of hydrogen-bond donors (Lipinski definition) is 1. The number of halogens is 9. The van der Waals surface area contributed by atoms with Crippen molar-refractivity contribution in [3.63, 3.8) is 0 Å². The number of alkyl halides is 9. The van der Waals surface area contributed by atoms with Crippen LogP contribution in [0.25, 0.3) is 0 Å². The Bertz CT molecular complexity index is 490. The van der Waals surface area contributed by atoms with Gasteiger partial charge < -0.3 is 5.11 Å². The number of aliphatic hydroxyl groups is 1. The zero-order chi connectivity index (χ0) is 17.3. The molecule has 0 fully saturated rings. The molecule has 0 aromatic heterocycles. The zero-order valence-corrected chi connectivity index (χ0v) is 10.6. The summed E-state index contributed by atoms with van der Waals surface area (Å²) in [5.41, 5.74) is -7.33. The minimum absolute atomic E-state index is 0.345. The molecule has 22 heavy (non-hydrogen) atoms. The monoisotopic (exact) mass is 340 g/mol. The Labute approximate surface area is 118 Å². The van der Waals surface area contributed by atoms with Crippen molar-refractivity contribution in [2.24, 2.45) is 0 Å². The molecule has 0 radical (unpaired) electrons. The molecule has 1 aromatic rings. The highest BCUT2D eigenvalue weighted by Crippen LogP contribution is 2.43. The van der Waals surface area contributed by atoms with E-state index in [1.54, 1.807) is 0 Å². The molecule has 1 rings (SSSR count). The maximum atomic E-state index is 12.8. The van der Waals surface area contributed by atoms with Crippen molar-refractivity contribution >= 4 is 0 Å². The first kappa shape index (κ1) is 18.6. The molecule has 1 N–H and O–H groups in total. The summed E-state index contributed by atoms with van der Waals surface area (Å²) in [5.74, 6) is 0. The average Bonchev–Trinajstić information content (AvgIpc) is 2.31. The van der Waals surface area contributed by atoms with E-state index >= 15 is 0 Å². The Morgan fingerprint density at radius 2 is 1.14 bits per heavy atom. The Morgan fingerprint density at radius 1 is 0.727 bits per heavy atom. The molecule has 0 aliphatic carbocycles. The minimum atomic E-state index is -5.38. The summed E-state index contributed by atoms with van der Waals surface area (Å²) in [6.45, 7) is -0.699. The Balaban J connectivity index is 3.70. The minimum Gasteiger partial charge on any atom is -0.396 e. The maximum Gasteiger partial charge on any atom is 0.416 e. The van der Waals surface area contributed by atoms with Crippen LogP contribution < -0.4 is 0 Å². The quantitative estimate of drug-likeness (QED) is 0.793. The first-order chi connectivity index (χ1) is 9.78. The van der Waals surface area contributed by atoms with E-state index < -0.39 is 60.2 Å². The number of benzene rings is 1. The van der Waals surface area contributed by atoms with Gasteiger partial charge in [0.15, 0.2) is 0 Å². The first-order valence-electron chi connectivity index (χ1n) is 5.78. The van der Waals surface area contributed by atoms with Crippen LogP contribution in [0.1, 0.15) is 28.7 Å². The van der Waals surface area contributed by atoms with Crippen molar-refractivity contribution in [2.75, 3.05) is 6.61 Å². The highest BCUT2D eigenvalue weighted by Gasteiger charge is 2.44. The summed E-state index contributed by atoms with van der Waals surface area (Å²) in [5, 5.41) is 8.56. The van der Waals surface area contributed by atoms with Crippen LogP contribution in [0.3, 0.4) is 0 Å². The Morgan fingerprint density at radius 3 is 1.41 bits per heavy atom. The third kappa shape index (κ3) is 4.28. The smallest absolute Gasteiger partial charge is 0.396 e. The predicted octanol–water partition coefficient (Wildman–Crippen LogP) is 4.67. The van der Waals surface area contributed by atoms with Crippen LogP contribution in [0.4, 0.5) is 39.5 Å². The van der Waals surface area contributed by atoms with Crippen LogP contribution >= 0.6 is 0 Å². The molecular weight excluding hydrogens is 331 g/mol. The maximum absolute atomic E-state index is 12.8. The molecule has 1 aromatic carbocycles. The van der Waals surface area contributed by atoms with Crippen LogP contribution in [-0.2, 0) is 24.9 Å². The van der Waals surface area contributed by atoms with E-state index in [1.807, 2.05) is 0 Å². The van der Waals surface area contributed by atoms with Crippen molar-refractivity contribution in [3.8, 4) is 0 Å². The van der Waals surface area contributed by atoms with Crippen LogP contribution in [0.5, 0.6) is 0 Å². The van der Waals surface area contributed by atoms with Gasteiger partial charge in [-0.15, -0.1) is 0 Å². The standard InChI is InChI=1S/C12H9F9O/c13-10(14,15)6-4-8(11(16,17)18)7(2-1-3-22)9(5-6)12(19,20)21/h4-5,22H,1-3H2. The third-order valence-electron chi connectivity index (χ3n) is 2.77. The van der Waals surface area contributed by atoms with Crippen molar-refractivity contribution < 1.29 is 44.6 Å². The summed E-state index contributed by atoms with van der Waals surface area (Å²) in [6.07, 6.45) is -17.4. The highest BCUT2D eigenvalue weighted by molar-refractivity contribution is 5.43. The van der Waals surface area contributed by atoms with Crippen LogP contribution in [0.2, 0.25) is 0 Å². The van der Waals surface area contributed by atoms with Crippen molar-refractivity contribution in [1.29, 1.82) is 0 Å². The van der Waals surface area contributed by atoms with Gasteiger partial charge in [-0.2, -0.15) is 39.5 Å². The molecule has 0 bridgehead atoms. The molecule has 0 amide bonds. The molecule has 0 saturated carbocycles. The molecule has 1 nitrogen and oxygen atoms in total. The molecule has 0 aliphatic rings. The van der Waals surface area contributed by atoms with Crippen molar-refractivity contribution in [2.45, 2.75) is 31.4 Å². The highest BCUT2D eigenvalue weighted by atomic mass is 19.4. The SMILES string of the molecule is OCCCc1c(C(F)(F)F)cc(C(F)(F)F)cc1C(F)(F)F. The van der Waals surface area contributed by atoms with Gasteiger partial charge in [-0.25, -0.2) is 0 Å². The van der Waals surface area contributed by atoms with Gasteiger partial charge in [0.2, 0.25) is 0 Å². The average molecular weight is 340 g/mol. The number of hydrogen-bond acceptors (Lipinski definition) is 1. The summed E-state index contributed by atoms with van der Waals surface area (Å²) in [7, 11) is 0. The van der Waals surface area contributed by atoms with Gasteiger partial charge >= 0.3 is 18.5 Å². The van der Waals surface area contributed by atoms with Gasteiger partial charge in [0.1, 0.15) is 0 Å². The fraction of sp³-hybridized carbons (Fsp3) is 0.500. The van der Waals surface area contributed by atoms with E-state index in [2.05, 4.69) is 0 Å². The number of rotatable bonds is 3. The van der Waals surface area contributed by atoms with Gasteiger partial charge in [-0.3, -0.25) is 0 Å². The molecule has 0 atom stereocenters. The molecule has 126 valence electrons. The predicted molar refractivity (Wildman–Crippen MR) is 56.9 cm³/mol. The van der Waals surface area contributed by atoms with E-state index in [1.165, 1.54) is 0 Å². The second-order valence-electron chi connectivity index (χ2n) is 4.37. The first-order valence-corrected chi connectivity index (χ1v) is 5.78. The summed E-state index contributed by atoms with van der Waals surface area (Å²) in [6, 6.07) is -0.691. The molecule has 0 saturated heterocycles. The molecule has 0 unspecified atom stereocenters. The lowest BCUT2D eigenvalue weighted by Gasteiger charge is -2.21. The summed E-state index contributed by atoms with van der Waals surface area (Å²) >= 11 is 0. The van der Waals surface area contributed by atoms with E-state index in [0.29, 0.717) is 0 Å². The Kier molecular flexibility index (Phi) is 5.05. The topological polar surface area (TPSA) is 20.2 Å². The van der Waals surface area contributed by atoms with E-state index in [-0.39, 0.29) is 12.1 Å². The largest absolute Gasteiger partial charge is 0.416 e. The second kappa shape index (κ2) is 5.98. The van der Waals surface area contributed by atoms with Crippen LogP contribution in [-0.4, -0.2) is 11.7 Å². The third-order valence-corrected chi connectivity index (χ3v) is 2.77. The molecule has 10 heteroatoms. The fourth-order valence-electron chi connectivity index (χ4n) is 1.87. The lowest BCUT2D eigenvalue weighted by molar-refractivity contribution is -0.149. The van der Waals surface area contributed by atoms with E-state index in [0.717, 1.165) is 0 Å². The van der Waals surface area contributed by atoms with Crippen LogP contribution in [0.15, 0.2) is 12.1 Å². The lowest BCUT2D eigenvalue weighted by Crippen LogP contribution is -2.20. The van der Waals surface area contributed by atoms with Gasteiger partial charge in [0.05, 0.1) is 16.7 Å². The molecule has 0 heterocycles. The van der Waals surface area contributed by atoms with Gasteiger partial charge in [-0.05, 0) is 30.5 Å². The second-order valence-corrected chi connectivity index (χ2v) is 4.37. The zero-order valence-electron chi connectivity index (χ0n) is 10.6. The Hall–Kier alpha value is -1.45. The van der Waals surface area contributed by atoms with Gasteiger partial charge in [-0.1, -0.05) is 0 Å². The van der Waals surface area contributed by atoms with Crippen molar-refractivity contribution in [1.82, 2.24) is 0 Å². The van der Waals surface area contributed by atoms with Gasteiger partial charge in [0.25, 0.3) is 0 Å². The molecule has 0 spiro atoms. The van der Waals surface area contributed by atoms with E-state index in [4.69, 9.17) is 5.11 Å². The fourth-order valence-corrected chi connectivity index (χ4v) is 1.87. The van der Waals surface area contributed by atoms with Gasteiger partial charge in [0, 0.05) is 6.61 Å². The lowest BCUT2D eigenvalue weighted by atomic mass is 9.93.